The molecule has 0 saturated carbocycles. The van der Waals surface area contributed by atoms with Crippen molar-refractivity contribution in [1.29, 1.82) is 0 Å². The van der Waals surface area contributed by atoms with Crippen molar-refractivity contribution in [2.45, 2.75) is 57.6 Å². The molecule has 0 aliphatic heterocycles. The number of rotatable bonds is 4. The number of ether oxygens (including phenoxy) is 3. The van der Waals surface area contributed by atoms with E-state index >= 15 is 0 Å². The Bertz CT molecular complexity index is 1330. The largest absolute Gasteiger partial charge is 0.711 e. The van der Waals surface area contributed by atoms with Gasteiger partial charge in [-0.2, -0.15) is 0 Å². The van der Waals surface area contributed by atoms with Crippen LogP contribution < -0.4 is 0 Å². The first-order valence-corrected chi connectivity index (χ1v) is 10.8. The van der Waals surface area contributed by atoms with Crippen LogP contribution in [0.15, 0.2) is 45.6 Å². The van der Waals surface area contributed by atoms with E-state index in [1.807, 2.05) is 0 Å². The Labute approximate surface area is 204 Å². The van der Waals surface area contributed by atoms with Crippen LogP contribution in [0.25, 0.3) is 5.53 Å². The first-order chi connectivity index (χ1) is 16.8. The SMILES string of the molecule is CC(=O)O[C@@H]1C2=C(C3=C(C(=O)c4c(O)cccc4C3=O)C2N=[N-])[C@H](O)[C@@H](OC(C)=O)[C@]1(C)OC(C)=O. The average Bonchev–Trinajstić information content (AvgIpc) is 3.12. The summed E-state index contributed by atoms with van der Waals surface area (Å²) in [7, 11) is 0. The van der Waals surface area contributed by atoms with Gasteiger partial charge in [-0.05, 0) is 13.0 Å². The summed E-state index contributed by atoms with van der Waals surface area (Å²) >= 11 is 0. The molecule has 0 fully saturated rings. The Morgan fingerprint density at radius 1 is 1.00 bits per heavy atom. The fraction of sp³-hybridized carbons (Fsp3) is 0.375. The van der Waals surface area contributed by atoms with Gasteiger partial charge in [0.05, 0.1) is 11.6 Å². The van der Waals surface area contributed by atoms with E-state index in [1.54, 1.807) is 0 Å². The molecule has 1 aromatic carbocycles. The molecule has 0 aromatic heterocycles. The van der Waals surface area contributed by atoms with E-state index in [1.165, 1.54) is 25.1 Å². The van der Waals surface area contributed by atoms with Crippen molar-refractivity contribution in [1.82, 2.24) is 0 Å². The third-order valence-electron chi connectivity index (χ3n) is 6.41. The van der Waals surface area contributed by atoms with Crippen LogP contribution in [0.3, 0.4) is 0 Å². The molecule has 1 unspecified atom stereocenters. The Morgan fingerprint density at radius 3 is 2.19 bits per heavy atom. The van der Waals surface area contributed by atoms with Gasteiger partial charge in [0.25, 0.3) is 0 Å². The Kier molecular flexibility index (Phi) is 5.87. The minimum absolute atomic E-state index is 0.169. The first kappa shape index (κ1) is 24.9. The maximum atomic E-state index is 13.6. The number of phenols is 1. The molecule has 12 nitrogen and oxygen atoms in total. The Morgan fingerprint density at radius 2 is 1.64 bits per heavy atom. The lowest BCUT2D eigenvalue weighted by atomic mass is 9.73. The van der Waals surface area contributed by atoms with Gasteiger partial charge in [0.15, 0.2) is 29.4 Å². The maximum absolute atomic E-state index is 13.6. The molecule has 5 atom stereocenters. The molecule has 3 aliphatic rings. The standard InChI is InChI=1S/C24H21N2O10/c1-8(27)34-22-17-15(21(33)23(35-9(2)28)24(22,4)36-10(3)29)14-16(18(17)26-25)20(32)13-11(19(14)31)6-5-7-12(13)30/h5-7,18,21-23,30,33H,1-4H3/q-1/t18?,21-,22+,23+,24+/m0/s1. The van der Waals surface area contributed by atoms with E-state index in [0.717, 1.165) is 20.8 Å². The van der Waals surface area contributed by atoms with Crippen molar-refractivity contribution in [2.75, 3.05) is 0 Å². The highest BCUT2D eigenvalue weighted by Crippen LogP contribution is 2.52. The van der Waals surface area contributed by atoms with Crippen molar-refractivity contribution in [3.05, 3.63) is 57.1 Å². The van der Waals surface area contributed by atoms with Gasteiger partial charge in [0, 0.05) is 48.6 Å². The van der Waals surface area contributed by atoms with Crippen LogP contribution >= 0.6 is 0 Å². The number of fused-ring (bicyclic) bond motifs is 2. The number of carbonyl (C=O) groups is 5. The number of esters is 3. The molecule has 0 saturated heterocycles. The highest BCUT2D eigenvalue weighted by molar-refractivity contribution is 6.31. The number of hydrogen-bond acceptors (Lipinski definition) is 11. The molecule has 2 N–H and O–H groups in total. The van der Waals surface area contributed by atoms with E-state index < -0.39 is 65.2 Å². The molecule has 4 rings (SSSR count). The number of nitrogens with zero attached hydrogens (tertiary/aromatic N) is 2. The second-order valence-corrected chi connectivity index (χ2v) is 8.78. The molecule has 0 bridgehead atoms. The topological polar surface area (TPSA) is 188 Å². The van der Waals surface area contributed by atoms with Gasteiger partial charge in [-0.25, -0.2) is 0 Å². The summed E-state index contributed by atoms with van der Waals surface area (Å²) in [6, 6.07) is 2.22. The highest BCUT2D eigenvalue weighted by atomic mass is 16.6. The van der Waals surface area contributed by atoms with Crippen molar-refractivity contribution in [2.24, 2.45) is 5.11 Å². The molecule has 0 amide bonds. The Hall–Kier alpha value is -4.19. The lowest BCUT2D eigenvalue weighted by Crippen LogP contribution is -2.64. The van der Waals surface area contributed by atoms with E-state index in [0.29, 0.717) is 0 Å². The van der Waals surface area contributed by atoms with E-state index in [9.17, 15) is 39.7 Å². The Balaban J connectivity index is 2.04. The average molecular weight is 497 g/mol. The van der Waals surface area contributed by atoms with Crippen molar-refractivity contribution in [3.8, 4) is 5.75 Å². The molecular formula is C24H21N2O10-. The number of aromatic hydroxyl groups is 1. The quantitative estimate of drug-likeness (QED) is 0.349. The normalized spacial score (nSPS) is 28.7. The van der Waals surface area contributed by atoms with Crippen LogP contribution in [0.1, 0.15) is 48.4 Å². The summed E-state index contributed by atoms with van der Waals surface area (Å²) in [6.07, 6.45) is -5.21. The molecule has 0 radical (unpaired) electrons. The summed E-state index contributed by atoms with van der Waals surface area (Å²) in [5.74, 6) is -4.79. The fourth-order valence-corrected chi connectivity index (χ4v) is 5.22. The van der Waals surface area contributed by atoms with Gasteiger partial charge >= 0.3 is 17.9 Å². The predicted octanol–water partition coefficient (Wildman–Crippen LogP) is 1.33. The maximum Gasteiger partial charge on any atom is 0.303 e. The van der Waals surface area contributed by atoms with Crippen molar-refractivity contribution < 1.29 is 48.4 Å². The number of Topliss-reactive ketones (excluding diaryl/α,β-unsaturated/α-hetero) is 2. The van der Waals surface area contributed by atoms with E-state index in [4.69, 9.17) is 14.2 Å². The first-order valence-electron chi connectivity index (χ1n) is 10.8. The second kappa shape index (κ2) is 8.48. The molecule has 0 heterocycles. The number of hydrogen-bond donors (Lipinski definition) is 2. The van der Waals surface area contributed by atoms with Crippen LogP contribution in [0.2, 0.25) is 0 Å². The van der Waals surface area contributed by atoms with Crippen LogP contribution in [0.4, 0.5) is 0 Å². The molecule has 0 spiro atoms. The summed E-state index contributed by atoms with van der Waals surface area (Å²) in [5, 5.41) is 24.9. The third-order valence-corrected chi connectivity index (χ3v) is 6.41. The van der Waals surface area contributed by atoms with Crippen LogP contribution in [0.5, 0.6) is 5.75 Å². The summed E-state index contributed by atoms with van der Waals surface area (Å²) < 4.78 is 16.2. The number of carbonyl (C=O) groups excluding carboxylic acids is 5. The minimum Gasteiger partial charge on any atom is -0.711 e. The van der Waals surface area contributed by atoms with Gasteiger partial charge in [0.1, 0.15) is 11.9 Å². The third kappa shape index (κ3) is 3.44. The summed E-state index contributed by atoms with van der Waals surface area (Å²) in [5.41, 5.74) is 6.24. The summed E-state index contributed by atoms with van der Waals surface area (Å²) in [4.78, 5) is 63.2. The predicted molar refractivity (Wildman–Crippen MR) is 118 cm³/mol. The van der Waals surface area contributed by atoms with Crippen LogP contribution in [0, 0.1) is 0 Å². The molecule has 1 aromatic rings. The fourth-order valence-electron chi connectivity index (χ4n) is 5.22. The smallest absolute Gasteiger partial charge is 0.303 e. The molecule has 36 heavy (non-hydrogen) atoms. The highest BCUT2D eigenvalue weighted by Gasteiger charge is 2.63. The number of ketones is 2. The zero-order valence-electron chi connectivity index (χ0n) is 19.6. The molecular weight excluding hydrogens is 476 g/mol. The lowest BCUT2D eigenvalue weighted by molar-refractivity contribution is -0.217. The molecule has 3 aliphatic carbocycles. The monoisotopic (exact) mass is 497 g/mol. The zero-order valence-corrected chi connectivity index (χ0v) is 19.6. The second-order valence-electron chi connectivity index (χ2n) is 8.78. The summed E-state index contributed by atoms with van der Waals surface area (Å²) in [6.45, 7) is 4.34. The number of phenolic OH excluding ortho intramolecular Hbond substituents is 1. The van der Waals surface area contributed by atoms with Gasteiger partial charge < -0.3 is 35.1 Å². The lowest BCUT2D eigenvalue weighted by Gasteiger charge is -2.47. The van der Waals surface area contributed by atoms with Crippen LogP contribution in [-0.4, -0.2) is 69.6 Å². The zero-order chi connectivity index (χ0) is 26.7. The van der Waals surface area contributed by atoms with Gasteiger partial charge in [-0.15, -0.1) is 0 Å². The van der Waals surface area contributed by atoms with Gasteiger partial charge in [0.2, 0.25) is 0 Å². The number of benzene rings is 1. The minimum atomic E-state index is -2.06. The molecule has 188 valence electrons. The molecule has 12 heteroatoms. The number of aliphatic hydroxyl groups is 1. The van der Waals surface area contributed by atoms with Gasteiger partial charge in [-0.1, -0.05) is 12.1 Å². The van der Waals surface area contributed by atoms with Crippen molar-refractivity contribution >= 4 is 29.5 Å². The van der Waals surface area contributed by atoms with E-state index in [2.05, 4.69) is 5.11 Å². The van der Waals surface area contributed by atoms with Crippen molar-refractivity contribution in [3.63, 3.8) is 0 Å². The van der Waals surface area contributed by atoms with E-state index in [-0.39, 0.29) is 33.4 Å². The number of aliphatic hydroxyl groups excluding tert-OH is 1. The van der Waals surface area contributed by atoms with Crippen LogP contribution in [-0.2, 0) is 28.6 Å². The van der Waals surface area contributed by atoms with Gasteiger partial charge in [-0.3, -0.25) is 24.0 Å².